The summed E-state index contributed by atoms with van der Waals surface area (Å²) < 4.78 is 25.4. The number of aromatic nitrogens is 6. The van der Waals surface area contributed by atoms with Crippen LogP contribution in [0, 0.1) is 57.2 Å². The Morgan fingerprint density at radius 1 is 0.276 bits per heavy atom. The van der Waals surface area contributed by atoms with Crippen LogP contribution < -0.4 is 46.7 Å². The Morgan fingerprint density at radius 3 is 0.984 bits per heavy atom. The Bertz CT molecular complexity index is 6420. The van der Waals surface area contributed by atoms with E-state index in [-0.39, 0.29) is 60.3 Å². The van der Waals surface area contributed by atoms with Gasteiger partial charge in [0.05, 0.1) is 37.2 Å². The van der Waals surface area contributed by atoms with Crippen molar-refractivity contribution in [3.05, 3.63) is 406 Å². The molecule has 8 nitrogen and oxygen atoms in total. The summed E-state index contributed by atoms with van der Waals surface area (Å²) >= 11 is 0. The predicted octanol–water partition coefficient (Wildman–Crippen LogP) is 20.8. The average Bonchev–Trinajstić information content (AvgIpc) is 1.54. The maximum absolute atomic E-state index is 12.7. The number of fused-ring (bicyclic) bond motifs is 9. The van der Waals surface area contributed by atoms with E-state index in [0.717, 1.165) is 78.7 Å². The molecule has 9 heterocycles. The molecule has 0 saturated heterocycles. The van der Waals surface area contributed by atoms with Crippen LogP contribution in [0.5, 0.6) is 0 Å². The maximum Gasteiger partial charge on any atom is 0.173 e. The first-order valence-corrected chi connectivity index (χ1v) is 59.1. The molecule has 0 amide bonds. The van der Waals surface area contributed by atoms with Crippen LogP contribution in [0.15, 0.2) is 362 Å². The molecule has 0 atom stereocenters. The van der Waals surface area contributed by atoms with Gasteiger partial charge in [-0.2, -0.15) is 0 Å². The normalized spacial score (nSPS) is 12.7. The van der Waals surface area contributed by atoms with Crippen LogP contribution in [0.3, 0.4) is 0 Å². The van der Waals surface area contributed by atoms with E-state index in [4.69, 9.17) is 9.97 Å². The number of pyridine rings is 6. The van der Waals surface area contributed by atoms with Crippen molar-refractivity contribution in [2.75, 3.05) is 0 Å². The summed E-state index contributed by atoms with van der Waals surface area (Å²) in [6.07, 6.45) is 11.6. The quantitative estimate of drug-likeness (QED) is 0.0930. The Labute approximate surface area is 797 Å². The summed E-state index contributed by atoms with van der Waals surface area (Å²) in [6.45, 7) is 32.6. The first-order valence-electron chi connectivity index (χ1n) is 42.1. The molecule has 0 aliphatic carbocycles. The van der Waals surface area contributed by atoms with Gasteiger partial charge in [0.15, 0.2) is 9.84 Å². The second kappa shape index (κ2) is 41.2. The Hall–Kier alpha value is -10.7. The van der Waals surface area contributed by atoms with E-state index in [9.17, 15) is 8.42 Å². The number of hydrogen-bond acceptors (Lipinski definition) is 8. The van der Waals surface area contributed by atoms with Crippen LogP contribution in [-0.4, -0.2) is 78.7 Å². The van der Waals surface area contributed by atoms with Crippen molar-refractivity contribution >= 4 is 96.9 Å². The van der Waals surface area contributed by atoms with Gasteiger partial charge in [0, 0.05) is 97.5 Å². The third-order valence-corrected chi connectivity index (χ3v) is 39.8. The van der Waals surface area contributed by atoms with Gasteiger partial charge in [-0.15, -0.1) is 189 Å². The molecule has 127 heavy (non-hydrogen) atoms. The summed E-state index contributed by atoms with van der Waals surface area (Å²) in [5, 5.41) is 13.0. The van der Waals surface area contributed by atoms with Crippen LogP contribution in [0.2, 0.25) is 72.0 Å². The van der Waals surface area contributed by atoms with Crippen LogP contribution in [0.1, 0.15) is 16.7 Å². The maximum atomic E-state index is 12.7. The molecular formula is C110H100Ir3N6O2SSi5-6. The molecule has 0 bridgehead atoms. The minimum absolute atomic E-state index is 0. The standard InChI is InChI=1S/C33H30NSi2.C23H26NSi2.C21H20NO2SSi.3C11H8N.3Ir/c1-24-21-30(34-23-33(24)35(2,3)4)25-19-20-32-29(22-25)28-17-11-12-18-31(28)36(32,26-13-7-5-8-14-26)27-15-9-6-10-16-27;1-16-13-20(24-15-23(16)25(2,3)4)17-11-12-22-19(14-17)18-9-7-8-10-21(18)26(22,5)6;1-14-11-18(22-13-21(14)26(2,3)4)15-9-10-20-17(12-15)16-7-5-6-8-19(16)25(20,23)24;3*1-2-6-10(7-3-1)11-8-4-5-9-12-11;;;/h5-18,20-23H,1-4H3;7-10,12-15H,1-6H3;5-8,10-13H,1-4H3;3*1-6,8-9H;;;/q6*-1;;;. The average molecular weight is 2290 g/mol. The molecule has 17 heteroatoms. The minimum Gasteiger partial charge on any atom is -0.305 e. The molecule has 3 radical (unpaired) electrons. The molecule has 0 spiro atoms. The van der Waals surface area contributed by atoms with Crippen LogP contribution in [-0.2, 0) is 70.2 Å². The summed E-state index contributed by atoms with van der Waals surface area (Å²) in [5.74, 6) is 0. The Morgan fingerprint density at radius 2 is 0.606 bits per heavy atom. The van der Waals surface area contributed by atoms with Crippen LogP contribution in [0.4, 0.5) is 0 Å². The third kappa shape index (κ3) is 20.9. The van der Waals surface area contributed by atoms with Gasteiger partial charge in [-0.3, -0.25) is 0 Å². The van der Waals surface area contributed by atoms with E-state index in [1.165, 1.54) is 80.4 Å². The van der Waals surface area contributed by atoms with Gasteiger partial charge in [-0.1, -0.05) is 303 Å². The number of rotatable bonds is 11. The van der Waals surface area contributed by atoms with Gasteiger partial charge in [0.1, 0.15) is 8.07 Å². The summed E-state index contributed by atoms with van der Waals surface area (Å²) in [6, 6.07) is 127. The van der Waals surface area contributed by atoms with Crippen molar-refractivity contribution in [1.29, 1.82) is 0 Å². The van der Waals surface area contributed by atoms with E-state index >= 15 is 0 Å². The van der Waals surface area contributed by atoms with Crippen LogP contribution in [0.25, 0.3) is 101 Å². The molecule has 3 aliphatic rings. The van der Waals surface area contributed by atoms with Gasteiger partial charge in [0.2, 0.25) is 0 Å². The van der Waals surface area contributed by atoms with E-state index in [1.807, 2.05) is 152 Å². The molecule has 6 aromatic heterocycles. The number of sulfone groups is 1. The molecule has 0 N–H and O–H groups in total. The van der Waals surface area contributed by atoms with Crippen molar-refractivity contribution in [3.8, 4) is 101 Å². The zero-order chi connectivity index (χ0) is 87.0. The number of hydrogen-bond donors (Lipinski definition) is 0. The SMILES string of the molecule is Cc1cc(-c2[c-]cc3c(c2)-c2ccccc2S3(=O)=O)ncc1[Si](C)(C)C.Cc1cc(-c2[c-]cc3c(c2)-c2ccccc2[Si]3(C)C)ncc1[Si](C)(C)C.Cc1cc(-c2[c-]cc3c(c2)-c2ccccc2[Si]3(c2ccccc2)c2ccccc2)ncc1[Si](C)(C)C.[Ir].[Ir].[Ir].[c-]1ccccc1-c1ccccn1.[c-]1ccccc1-c1ccccn1.[c-]1ccccc1-c1ccccn1. The van der Waals surface area contributed by atoms with Crippen molar-refractivity contribution in [3.63, 3.8) is 0 Å². The first kappa shape index (κ1) is 95.4. The monoisotopic (exact) mass is 2290 g/mol. The second-order valence-electron chi connectivity index (χ2n) is 35.0. The number of benzene rings is 11. The molecule has 3 aliphatic heterocycles. The van der Waals surface area contributed by atoms with E-state index in [1.54, 1.807) is 42.0 Å². The Kier molecular flexibility index (Phi) is 30.9. The van der Waals surface area contributed by atoms with Crippen molar-refractivity contribution in [2.24, 2.45) is 0 Å². The van der Waals surface area contributed by atoms with E-state index in [0.29, 0.717) is 9.79 Å². The summed E-state index contributed by atoms with van der Waals surface area (Å²) in [4.78, 5) is 27.7. The molecule has 20 rings (SSSR count). The molecule has 11 aromatic carbocycles. The zero-order valence-electron chi connectivity index (χ0n) is 73.9. The molecular weight excluding hydrogens is 2190 g/mol. The van der Waals surface area contributed by atoms with E-state index < -0.39 is 50.2 Å². The van der Waals surface area contributed by atoms with Crippen molar-refractivity contribution < 1.29 is 68.7 Å². The molecule has 0 saturated carbocycles. The summed E-state index contributed by atoms with van der Waals surface area (Å²) in [5.41, 5.74) is 22.8. The second-order valence-corrected chi connectivity index (χ2v) is 60.1. The van der Waals surface area contributed by atoms with Crippen molar-refractivity contribution in [2.45, 2.75) is 103 Å². The summed E-state index contributed by atoms with van der Waals surface area (Å²) in [7, 11) is -11.7. The Balaban J connectivity index is 0.000000145. The van der Waals surface area contributed by atoms with Crippen LogP contribution >= 0.6 is 0 Å². The fourth-order valence-electron chi connectivity index (χ4n) is 17.1. The van der Waals surface area contributed by atoms with E-state index in [2.05, 4.69) is 313 Å². The van der Waals surface area contributed by atoms with Gasteiger partial charge in [-0.25, -0.2) is 8.42 Å². The fourth-order valence-corrected chi connectivity index (χ4v) is 32.0. The smallest absolute Gasteiger partial charge is 0.173 e. The number of nitrogens with zero attached hydrogens (tertiary/aromatic N) is 6. The first-order chi connectivity index (χ1) is 59.7. The largest absolute Gasteiger partial charge is 0.305 e. The predicted molar refractivity (Wildman–Crippen MR) is 530 cm³/mol. The minimum atomic E-state index is -3.44. The zero-order valence-corrected chi connectivity index (χ0v) is 86.9. The van der Waals surface area contributed by atoms with Gasteiger partial charge in [-0.05, 0) is 122 Å². The van der Waals surface area contributed by atoms with Gasteiger partial charge in [0.25, 0.3) is 0 Å². The topological polar surface area (TPSA) is 111 Å². The molecule has 17 aromatic rings. The number of aryl methyl sites for hydroxylation is 3. The van der Waals surface area contributed by atoms with Gasteiger partial charge >= 0.3 is 0 Å². The molecule has 0 unspecified atom stereocenters. The van der Waals surface area contributed by atoms with Crippen molar-refractivity contribution in [1.82, 2.24) is 29.9 Å². The fraction of sp³-hybridized carbons (Fsp3) is 0.127. The molecule has 0 fully saturated rings. The van der Waals surface area contributed by atoms with Gasteiger partial charge < -0.3 is 29.9 Å². The molecule has 641 valence electrons. The third-order valence-electron chi connectivity index (χ3n) is 23.1.